The van der Waals surface area contributed by atoms with Crippen LogP contribution in [-0.4, -0.2) is 57.5 Å². The molecule has 1 atom stereocenters. The molecule has 1 aromatic carbocycles. The van der Waals surface area contributed by atoms with Gasteiger partial charge in [0.15, 0.2) is 11.1 Å². The SMILES string of the molecule is CCNC(=NCc1csc(N(C)C)n1)NCC(O)c1cc(OC)ccc1OC.I. The monoisotopic (exact) mass is 535 g/mol. The second-order valence-corrected chi connectivity index (χ2v) is 7.05. The Bertz CT molecular complexity index is 785. The molecule has 0 aliphatic heterocycles. The Hall–Kier alpha value is -1.79. The predicted molar refractivity (Wildman–Crippen MR) is 129 cm³/mol. The molecule has 0 aliphatic carbocycles. The minimum absolute atomic E-state index is 0. The minimum Gasteiger partial charge on any atom is -0.497 e. The molecule has 2 rings (SSSR count). The molecule has 29 heavy (non-hydrogen) atoms. The number of thiazole rings is 1. The number of nitrogens with zero attached hydrogens (tertiary/aromatic N) is 3. The Morgan fingerprint density at radius 1 is 1.28 bits per heavy atom. The topological polar surface area (TPSA) is 91.2 Å². The summed E-state index contributed by atoms with van der Waals surface area (Å²) >= 11 is 1.58. The smallest absolute Gasteiger partial charge is 0.191 e. The maximum absolute atomic E-state index is 10.6. The standard InChI is InChI=1S/C19H29N5O3S.HI/c1-6-20-18(21-10-13-12-28-19(23-13)24(2)3)22-11-16(25)15-9-14(26-4)7-8-17(15)27-5;/h7-9,12,16,25H,6,10-11H2,1-5H3,(H2,20,21,22);1H. The van der Waals surface area contributed by atoms with Gasteiger partial charge in [-0.15, -0.1) is 35.3 Å². The fourth-order valence-corrected chi connectivity index (χ4v) is 3.23. The number of nitrogens with one attached hydrogen (secondary N) is 2. The van der Waals surface area contributed by atoms with Gasteiger partial charge in [-0.2, -0.15) is 0 Å². The first kappa shape index (κ1) is 25.2. The fourth-order valence-electron chi connectivity index (χ4n) is 2.48. The van der Waals surface area contributed by atoms with Crippen LogP contribution in [0.2, 0.25) is 0 Å². The number of hydrogen-bond donors (Lipinski definition) is 3. The van der Waals surface area contributed by atoms with Crippen LogP contribution >= 0.6 is 35.3 Å². The number of guanidine groups is 1. The van der Waals surface area contributed by atoms with Crippen LogP contribution in [0.3, 0.4) is 0 Å². The Morgan fingerprint density at radius 2 is 2.03 bits per heavy atom. The highest BCUT2D eigenvalue weighted by molar-refractivity contribution is 14.0. The third-order valence-corrected chi connectivity index (χ3v) is 4.98. The van der Waals surface area contributed by atoms with Crippen molar-refractivity contribution in [3.8, 4) is 11.5 Å². The summed E-state index contributed by atoms with van der Waals surface area (Å²) < 4.78 is 10.6. The van der Waals surface area contributed by atoms with Gasteiger partial charge in [0.1, 0.15) is 11.5 Å². The van der Waals surface area contributed by atoms with Crippen LogP contribution in [0.1, 0.15) is 24.3 Å². The van der Waals surface area contributed by atoms with Crippen molar-refractivity contribution >= 4 is 46.4 Å². The Kier molecular flexibility index (Phi) is 11.1. The molecule has 2 aromatic rings. The van der Waals surface area contributed by atoms with Gasteiger partial charge in [-0.25, -0.2) is 9.98 Å². The lowest BCUT2D eigenvalue weighted by Gasteiger charge is -2.18. The number of aliphatic imine (C=N–C) groups is 1. The first-order chi connectivity index (χ1) is 13.5. The van der Waals surface area contributed by atoms with Crippen molar-refractivity contribution in [1.29, 1.82) is 0 Å². The molecule has 162 valence electrons. The quantitative estimate of drug-likeness (QED) is 0.259. The van der Waals surface area contributed by atoms with E-state index in [0.717, 1.165) is 10.8 Å². The maximum Gasteiger partial charge on any atom is 0.191 e. The second-order valence-electron chi connectivity index (χ2n) is 6.22. The van der Waals surface area contributed by atoms with Gasteiger partial charge in [0.2, 0.25) is 0 Å². The van der Waals surface area contributed by atoms with E-state index in [4.69, 9.17) is 9.47 Å². The summed E-state index contributed by atoms with van der Waals surface area (Å²) in [6, 6.07) is 5.35. The number of benzene rings is 1. The number of aromatic nitrogens is 1. The van der Waals surface area contributed by atoms with Crippen molar-refractivity contribution in [2.75, 3.05) is 46.3 Å². The van der Waals surface area contributed by atoms with Crippen LogP contribution in [0, 0.1) is 0 Å². The van der Waals surface area contributed by atoms with Gasteiger partial charge >= 0.3 is 0 Å². The Labute approximate surface area is 193 Å². The molecule has 0 saturated heterocycles. The third-order valence-electron chi connectivity index (χ3n) is 3.92. The van der Waals surface area contributed by atoms with Crippen LogP contribution < -0.4 is 25.0 Å². The van der Waals surface area contributed by atoms with E-state index < -0.39 is 6.10 Å². The van der Waals surface area contributed by atoms with Crippen molar-refractivity contribution in [3.63, 3.8) is 0 Å². The van der Waals surface area contributed by atoms with Gasteiger partial charge < -0.3 is 30.1 Å². The average Bonchev–Trinajstić information content (AvgIpc) is 3.18. The fraction of sp³-hybridized carbons (Fsp3) is 0.474. The number of anilines is 1. The van der Waals surface area contributed by atoms with Gasteiger partial charge in [0.25, 0.3) is 0 Å². The molecule has 1 heterocycles. The van der Waals surface area contributed by atoms with E-state index in [9.17, 15) is 5.11 Å². The second kappa shape index (κ2) is 12.7. The van der Waals surface area contributed by atoms with Gasteiger partial charge in [-0.1, -0.05) is 0 Å². The number of hydrogen-bond acceptors (Lipinski definition) is 7. The summed E-state index contributed by atoms with van der Waals surface area (Å²) in [5, 5.41) is 19.9. The molecule has 0 amide bonds. The van der Waals surface area contributed by atoms with E-state index in [1.54, 1.807) is 43.8 Å². The summed E-state index contributed by atoms with van der Waals surface area (Å²) in [7, 11) is 7.09. The Balaban J connectivity index is 0.00000420. The summed E-state index contributed by atoms with van der Waals surface area (Å²) in [6.45, 7) is 3.43. The van der Waals surface area contributed by atoms with E-state index in [1.165, 1.54) is 0 Å². The van der Waals surface area contributed by atoms with Gasteiger partial charge in [-0.05, 0) is 25.1 Å². The van der Waals surface area contributed by atoms with Crippen LogP contribution in [0.15, 0.2) is 28.6 Å². The summed E-state index contributed by atoms with van der Waals surface area (Å²) in [5.41, 5.74) is 1.56. The van der Waals surface area contributed by atoms with E-state index in [0.29, 0.717) is 36.1 Å². The third kappa shape index (κ3) is 7.52. The number of aliphatic hydroxyl groups is 1. The first-order valence-corrected chi connectivity index (χ1v) is 9.90. The molecule has 0 radical (unpaired) electrons. The summed E-state index contributed by atoms with van der Waals surface area (Å²) in [5.74, 6) is 1.88. The number of aliphatic hydroxyl groups excluding tert-OH is 1. The van der Waals surface area contributed by atoms with Gasteiger partial charge in [0, 0.05) is 38.1 Å². The van der Waals surface area contributed by atoms with E-state index in [-0.39, 0.29) is 30.5 Å². The van der Waals surface area contributed by atoms with Crippen LogP contribution in [0.4, 0.5) is 5.13 Å². The Morgan fingerprint density at radius 3 is 2.62 bits per heavy atom. The van der Waals surface area contributed by atoms with Crippen molar-refractivity contribution in [2.45, 2.75) is 19.6 Å². The molecule has 8 nitrogen and oxygen atoms in total. The highest BCUT2D eigenvalue weighted by Crippen LogP contribution is 2.29. The first-order valence-electron chi connectivity index (χ1n) is 9.02. The molecular formula is C19H30IN5O3S. The molecule has 0 saturated carbocycles. The molecule has 10 heteroatoms. The molecular weight excluding hydrogens is 505 g/mol. The van der Waals surface area contributed by atoms with E-state index in [1.807, 2.05) is 31.3 Å². The van der Waals surface area contributed by atoms with Crippen molar-refractivity contribution < 1.29 is 14.6 Å². The minimum atomic E-state index is -0.784. The van der Waals surface area contributed by atoms with Crippen molar-refractivity contribution in [2.24, 2.45) is 4.99 Å². The number of ether oxygens (including phenoxy) is 2. The normalized spacial score (nSPS) is 12.0. The predicted octanol–water partition coefficient (Wildman–Crippen LogP) is 2.63. The van der Waals surface area contributed by atoms with Crippen LogP contribution in [-0.2, 0) is 6.54 Å². The zero-order valence-corrected chi connectivity index (χ0v) is 20.6. The molecule has 3 N–H and O–H groups in total. The van der Waals surface area contributed by atoms with E-state index >= 15 is 0 Å². The van der Waals surface area contributed by atoms with Crippen LogP contribution in [0.5, 0.6) is 11.5 Å². The lowest BCUT2D eigenvalue weighted by atomic mass is 10.1. The van der Waals surface area contributed by atoms with Crippen LogP contribution in [0.25, 0.3) is 0 Å². The summed E-state index contributed by atoms with van der Waals surface area (Å²) in [4.78, 5) is 11.1. The van der Waals surface area contributed by atoms with Crippen molar-refractivity contribution in [3.05, 3.63) is 34.8 Å². The number of rotatable bonds is 9. The lowest BCUT2D eigenvalue weighted by molar-refractivity contribution is 0.176. The van der Waals surface area contributed by atoms with E-state index in [2.05, 4.69) is 20.6 Å². The molecule has 0 bridgehead atoms. The highest BCUT2D eigenvalue weighted by atomic mass is 127. The molecule has 0 spiro atoms. The molecule has 0 fully saturated rings. The molecule has 1 unspecified atom stereocenters. The number of methoxy groups -OCH3 is 2. The molecule has 1 aromatic heterocycles. The number of halogens is 1. The van der Waals surface area contributed by atoms with Gasteiger partial charge in [0.05, 0.1) is 32.6 Å². The summed E-state index contributed by atoms with van der Waals surface area (Å²) in [6.07, 6.45) is -0.784. The zero-order chi connectivity index (χ0) is 20.5. The largest absolute Gasteiger partial charge is 0.497 e. The zero-order valence-electron chi connectivity index (χ0n) is 17.4. The van der Waals surface area contributed by atoms with Crippen molar-refractivity contribution in [1.82, 2.24) is 15.6 Å². The molecule has 0 aliphatic rings. The maximum atomic E-state index is 10.6. The average molecular weight is 535 g/mol. The van der Waals surface area contributed by atoms with Gasteiger partial charge in [-0.3, -0.25) is 0 Å². The lowest BCUT2D eigenvalue weighted by Crippen LogP contribution is -2.39. The highest BCUT2D eigenvalue weighted by Gasteiger charge is 2.15.